The molecule has 0 saturated carbocycles. The number of anilines is 1. The molecule has 22 heavy (non-hydrogen) atoms. The molecule has 2 heterocycles. The zero-order chi connectivity index (χ0) is 15.5. The summed E-state index contributed by atoms with van der Waals surface area (Å²) in [6.45, 7) is 0. The van der Waals surface area contributed by atoms with Crippen molar-refractivity contribution in [2.24, 2.45) is 0 Å². The Morgan fingerprint density at radius 2 is 2.18 bits per heavy atom. The quantitative estimate of drug-likeness (QED) is 0.696. The summed E-state index contributed by atoms with van der Waals surface area (Å²) >= 11 is 13.1. The third kappa shape index (κ3) is 3.52. The molecule has 0 aliphatic rings. The minimum atomic E-state index is -0.178. The van der Waals surface area contributed by atoms with Crippen molar-refractivity contribution in [2.45, 2.75) is 5.16 Å². The molecule has 3 aromatic rings. The van der Waals surface area contributed by atoms with Gasteiger partial charge in [0.15, 0.2) is 10.8 Å². The Kier molecular flexibility index (Phi) is 4.52. The number of imidazole rings is 1. The lowest BCUT2D eigenvalue weighted by atomic mass is 10.3. The molecule has 8 heteroatoms. The molecule has 0 radical (unpaired) electrons. The summed E-state index contributed by atoms with van der Waals surface area (Å²) in [4.78, 5) is 23.5. The molecule has 2 N–H and O–H groups in total. The lowest BCUT2D eigenvalue weighted by molar-refractivity contribution is -0.113. The van der Waals surface area contributed by atoms with Gasteiger partial charge in [0, 0.05) is 11.2 Å². The van der Waals surface area contributed by atoms with Gasteiger partial charge in [-0.05, 0) is 30.3 Å². The first-order valence-corrected chi connectivity index (χ1v) is 8.04. The highest BCUT2D eigenvalue weighted by Gasteiger charge is 2.09. The van der Waals surface area contributed by atoms with E-state index in [0.29, 0.717) is 26.5 Å². The van der Waals surface area contributed by atoms with Gasteiger partial charge in [0.25, 0.3) is 0 Å². The van der Waals surface area contributed by atoms with E-state index in [1.165, 1.54) is 11.8 Å². The number of nitrogens with one attached hydrogen (secondary N) is 2. The molecule has 0 aliphatic heterocycles. The monoisotopic (exact) mass is 352 g/mol. The van der Waals surface area contributed by atoms with Crippen molar-refractivity contribution in [1.29, 1.82) is 0 Å². The second-order valence-electron chi connectivity index (χ2n) is 4.38. The van der Waals surface area contributed by atoms with Crippen LogP contribution in [0.15, 0.2) is 41.7 Å². The maximum Gasteiger partial charge on any atom is 0.234 e. The van der Waals surface area contributed by atoms with Crippen molar-refractivity contribution in [1.82, 2.24) is 15.0 Å². The van der Waals surface area contributed by atoms with Crippen LogP contribution in [-0.2, 0) is 4.79 Å². The van der Waals surface area contributed by atoms with E-state index in [4.69, 9.17) is 23.2 Å². The van der Waals surface area contributed by atoms with E-state index in [2.05, 4.69) is 20.3 Å². The van der Waals surface area contributed by atoms with Crippen LogP contribution in [-0.4, -0.2) is 26.6 Å². The van der Waals surface area contributed by atoms with Gasteiger partial charge in [0.05, 0.1) is 22.0 Å². The summed E-state index contributed by atoms with van der Waals surface area (Å²) in [5.74, 6) is 0.0290. The van der Waals surface area contributed by atoms with Gasteiger partial charge in [-0.15, -0.1) is 0 Å². The molecule has 1 aromatic carbocycles. The molecule has 0 fully saturated rings. The molecule has 0 saturated heterocycles. The van der Waals surface area contributed by atoms with Gasteiger partial charge >= 0.3 is 0 Å². The van der Waals surface area contributed by atoms with E-state index < -0.39 is 0 Å². The summed E-state index contributed by atoms with van der Waals surface area (Å²) in [6, 6.07) is 8.62. The van der Waals surface area contributed by atoms with Crippen LogP contribution in [0.5, 0.6) is 0 Å². The number of fused-ring (bicyclic) bond motifs is 1. The summed E-state index contributed by atoms with van der Waals surface area (Å²) in [6.07, 6.45) is 1.67. The standard InChI is InChI=1S/C14H10Cl2N4OS/c15-8-3-4-10(9(16)6-8)18-12(21)7-22-14-19-11-2-1-5-17-13(11)20-14/h1-6H,7H2,(H,18,21)(H,17,19,20). The van der Waals surface area contributed by atoms with Crippen molar-refractivity contribution in [3.8, 4) is 0 Å². The molecule has 112 valence electrons. The van der Waals surface area contributed by atoms with Crippen LogP contribution >= 0.6 is 35.0 Å². The average molecular weight is 353 g/mol. The zero-order valence-electron chi connectivity index (χ0n) is 11.1. The van der Waals surface area contributed by atoms with Crippen molar-refractivity contribution in [3.05, 3.63) is 46.6 Å². The van der Waals surface area contributed by atoms with Crippen molar-refractivity contribution in [3.63, 3.8) is 0 Å². The van der Waals surface area contributed by atoms with Crippen LogP contribution in [0.3, 0.4) is 0 Å². The first-order chi connectivity index (χ1) is 10.6. The molecule has 0 bridgehead atoms. The Morgan fingerprint density at radius 1 is 1.32 bits per heavy atom. The number of thioether (sulfide) groups is 1. The fourth-order valence-corrected chi connectivity index (χ4v) is 2.93. The molecule has 0 spiro atoms. The Hall–Kier alpha value is -1.76. The number of aromatic amines is 1. The number of hydrogen-bond acceptors (Lipinski definition) is 4. The van der Waals surface area contributed by atoms with Crippen LogP contribution in [0, 0.1) is 0 Å². The summed E-state index contributed by atoms with van der Waals surface area (Å²) in [7, 11) is 0. The van der Waals surface area contributed by atoms with Crippen molar-refractivity contribution < 1.29 is 4.79 Å². The van der Waals surface area contributed by atoms with Crippen LogP contribution in [0.4, 0.5) is 5.69 Å². The molecule has 1 amide bonds. The maximum atomic E-state index is 12.0. The number of halogens is 2. The van der Waals surface area contributed by atoms with Crippen LogP contribution in [0.2, 0.25) is 10.0 Å². The number of amides is 1. The zero-order valence-corrected chi connectivity index (χ0v) is 13.5. The fourth-order valence-electron chi connectivity index (χ4n) is 1.80. The van der Waals surface area contributed by atoms with E-state index in [1.807, 2.05) is 12.1 Å². The van der Waals surface area contributed by atoms with Crippen LogP contribution in [0.25, 0.3) is 11.2 Å². The van der Waals surface area contributed by atoms with Gasteiger partial charge in [0.2, 0.25) is 5.91 Å². The molecule has 0 unspecified atom stereocenters. The number of rotatable bonds is 4. The lowest BCUT2D eigenvalue weighted by Gasteiger charge is -2.06. The van der Waals surface area contributed by atoms with Gasteiger partial charge in [-0.25, -0.2) is 9.97 Å². The van der Waals surface area contributed by atoms with Crippen molar-refractivity contribution >= 4 is 57.7 Å². The first-order valence-electron chi connectivity index (χ1n) is 6.30. The Bertz CT molecular complexity index is 804. The molecule has 0 aliphatic carbocycles. The predicted molar refractivity (Wildman–Crippen MR) is 89.7 cm³/mol. The topological polar surface area (TPSA) is 70.7 Å². The smallest absolute Gasteiger partial charge is 0.234 e. The second-order valence-corrected chi connectivity index (χ2v) is 6.19. The number of aromatic nitrogens is 3. The van der Waals surface area contributed by atoms with Crippen molar-refractivity contribution in [2.75, 3.05) is 11.1 Å². The summed E-state index contributed by atoms with van der Waals surface area (Å²) in [5.41, 5.74) is 2.00. The largest absolute Gasteiger partial charge is 0.332 e. The fraction of sp³-hybridized carbons (Fsp3) is 0.0714. The molecule has 2 aromatic heterocycles. The van der Waals surface area contributed by atoms with Crippen LogP contribution < -0.4 is 5.32 Å². The summed E-state index contributed by atoms with van der Waals surface area (Å²) in [5, 5.41) is 4.30. The number of nitrogens with zero attached hydrogens (tertiary/aromatic N) is 2. The minimum Gasteiger partial charge on any atom is -0.332 e. The number of carbonyl (C=O) groups excluding carboxylic acids is 1. The third-order valence-electron chi connectivity index (χ3n) is 2.78. The molecule has 3 rings (SSSR count). The normalized spacial score (nSPS) is 10.8. The van der Waals surface area contributed by atoms with Crippen LogP contribution in [0.1, 0.15) is 0 Å². The number of H-pyrrole nitrogens is 1. The third-order valence-corrected chi connectivity index (χ3v) is 4.20. The number of benzene rings is 1. The Labute approximate surface area is 140 Å². The molecular weight excluding hydrogens is 343 g/mol. The van der Waals surface area contributed by atoms with E-state index in [1.54, 1.807) is 24.4 Å². The number of pyridine rings is 1. The van der Waals surface area contributed by atoms with E-state index >= 15 is 0 Å². The maximum absolute atomic E-state index is 12.0. The Balaban J connectivity index is 1.62. The van der Waals surface area contributed by atoms with E-state index in [9.17, 15) is 4.79 Å². The predicted octanol–water partition coefficient (Wildman–Crippen LogP) is 4.00. The van der Waals surface area contributed by atoms with E-state index in [0.717, 1.165) is 5.52 Å². The van der Waals surface area contributed by atoms with Gasteiger partial charge < -0.3 is 10.3 Å². The molecular formula is C14H10Cl2N4OS. The van der Waals surface area contributed by atoms with Gasteiger partial charge in [-0.3, -0.25) is 4.79 Å². The Morgan fingerprint density at radius 3 is 2.95 bits per heavy atom. The highest BCUT2D eigenvalue weighted by atomic mass is 35.5. The molecule has 0 atom stereocenters. The SMILES string of the molecule is O=C(CSc1nc2ncccc2[nH]1)Nc1ccc(Cl)cc1Cl. The van der Waals surface area contributed by atoms with Gasteiger partial charge in [-0.1, -0.05) is 35.0 Å². The first kappa shape index (κ1) is 15.1. The lowest BCUT2D eigenvalue weighted by Crippen LogP contribution is -2.14. The minimum absolute atomic E-state index is 0.178. The second kappa shape index (κ2) is 6.56. The average Bonchev–Trinajstić information content (AvgIpc) is 2.91. The molecule has 5 nitrogen and oxygen atoms in total. The van der Waals surface area contributed by atoms with Gasteiger partial charge in [-0.2, -0.15) is 0 Å². The highest BCUT2D eigenvalue weighted by molar-refractivity contribution is 7.99. The van der Waals surface area contributed by atoms with E-state index in [-0.39, 0.29) is 11.7 Å². The number of hydrogen-bond donors (Lipinski definition) is 2. The number of carbonyl (C=O) groups is 1. The highest BCUT2D eigenvalue weighted by Crippen LogP contribution is 2.26. The van der Waals surface area contributed by atoms with Gasteiger partial charge in [0.1, 0.15) is 0 Å². The summed E-state index contributed by atoms with van der Waals surface area (Å²) < 4.78 is 0.